The molecule has 3 heteroatoms. The lowest BCUT2D eigenvalue weighted by atomic mass is 10.2. The molecule has 0 aromatic heterocycles. The minimum absolute atomic E-state index is 0.666. The first-order valence-corrected chi connectivity index (χ1v) is 5.28. The molecule has 0 spiro atoms. The van der Waals surface area contributed by atoms with E-state index in [9.17, 15) is 0 Å². The van der Waals surface area contributed by atoms with Crippen molar-refractivity contribution in [1.29, 1.82) is 0 Å². The third-order valence-corrected chi connectivity index (χ3v) is 2.53. The van der Waals surface area contributed by atoms with Gasteiger partial charge in [-0.05, 0) is 31.5 Å². The summed E-state index contributed by atoms with van der Waals surface area (Å²) >= 11 is 5.96. The van der Waals surface area contributed by atoms with Crippen LogP contribution in [0.3, 0.4) is 0 Å². The normalized spacial score (nSPS) is 10.3. The molecule has 0 aliphatic rings. The number of anilines is 1. The Balaban J connectivity index is 2.96. The van der Waals surface area contributed by atoms with Crippen molar-refractivity contribution in [2.24, 2.45) is 5.73 Å². The van der Waals surface area contributed by atoms with Crippen LogP contribution < -0.4 is 10.6 Å². The molecule has 0 heterocycles. The van der Waals surface area contributed by atoms with E-state index >= 15 is 0 Å². The van der Waals surface area contributed by atoms with Gasteiger partial charge in [0.2, 0.25) is 0 Å². The summed E-state index contributed by atoms with van der Waals surface area (Å²) in [4.78, 5) is 2.24. The third-order valence-electron chi connectivity index (χ3n) is 2.29. The van der Waals surface area contributed by atoms with Crippen LogP contribution in [0.5, 0.6) is 0 Å². The molecule has 1 aromatic rings. The SMILES string of the molecule is CCN(CCN)c1cc(Cl)ccc1C. The molecule has 0 unspecified atom stereocenters. The zero-order chi connectivity index (χ0) is 10.6. The summed E-state index contributed by atoms with van der Waals surface area (Å²) < 4.78 is 0. The van der Waals surface area contributed by atoms with Gasteiger partial charge in [-0.15, -0.1) is 0 Å². The molecular formula is C11H17ClN2. The number of nitrogens with two attached hydrogens (primary N) is 1. The Bertz CT molecular complexity index is 299. The topological polar surface area (TPSA) is 29.3 Å². The van der Waals surface area contributed by atoms with Crippen molar-refractivity contribution in [1.82, 2.24) is 0 Å². The molecule has 0 fully saturated rings. The number of nitrogens with zero attached hydrogens (tertiary/aromatic N) is 1. The highest BCUT2D eigenvalue weighted by Gasteiger charge is 2.06. The van der Waals surface area contributed by atoms with Crippen LogP contribution in [-0.4, -0.2) is 19.6 Å². The fourth-order valence-corrected chi connectivity index (χ4v) is 1.69. The molecule has 0 atom stereocenters. The molecule has 0 saturated heterocycles. The van der Waals surface area contributed by atoms with Crippen LogP contribution in [0.4, 0.5) is 5.69 Å². The van der Waals surface area contributed by atoms with Crippen molar-refractivity contribution in [2.45, 2.75) is 13.8 Å². The van der Waals surface area contributed by atoms with Gasteiger partial charge in [-0.25, -0.2) is 0 Å². The maximum absolute atomic E-state index is 5.96. The van der Waals surface area contributed by atoms with Gasteiger partial charge in [-0.2, -0.15) is 0 Å². The Kier molecular flexibility index (Phi) is 4.23. The van der Waals surface area contributed by atoms with Crippen molar-refractivity contribution in [3.8, 4) is 0 Å². The first-order valence-electron chi connectivity index (χ1n) is 4.90. The number of hydrogen-bond donors (Lipinski definition) is 1. The monoisotopic (exact) mass is 212 g/mol. The number of rotatable bonds is 4. The first-order chi connectivity index (χ1) is 6.69. The quantitative estimate of drug-likeness (QED) is 0.831. The molecule has 0 aliphatic heterocycles. The van der Waals surface area contributed by atoms with E-state index in [0.29, 0.717) is 6.54 Å². The predicted molar refractivity (Wildman–Crippen MR) is 63.1 cm³/mol. The average molecular weight is 213 g/mol. The molecule has 1 rings (SSSR count). The lowest BCUT2D eigenvalue weighted by molar-refractivity contribution is 0.814. The number of halogens is 1. The number of likely N-dealkylation sites (N-methyl/N-ethyl adjacent to an activating group) is 1. The van der Waals surface area contributed by atoms with Crippen LogP contribution in [0.25, 0.3) is 0 Å². The number of aryl methyl sites for hydroxylation is 1. The Labute approximate surface area is 90.7 Å². The zero-order valence-corrected chi connectivity index (χ0v) is 9.51. The molecule has 14 heavy (non-hydrogen) atoms. The minimum Gasteiger partial charge on any atom is -0.370 e. The van der Waals surface area contributed by atoms with Crippen LogP contribution in [0.2, 0.25) is 5.02 Å². The Morgan fingerprint density at radius 1 is 1.43 bits per heavy atom. The Morgan fingerprint density at radius 3 is 2.71 bits per heavy atom. The maximum Gasteiger partial charge on any atom is 0.0426 e. The first kappa shape index (κ1) is 11.3. The molecule has 0 bridgehead atoms. The van der Waals surface area contributed by atoms with Gasteiger partial charge < -0.3 is 10.6 Å². The maximum atomic E-state index is 5.96. The second-order valence-electron chi connectivity index (χ2n) is 3.30. The van der Waals surface area contributed by atoms with Crippen LogP contribution >= 0.6 is 11.6 Å². The summed E-state index contributed by atoms with van der Waals surface area (Å²) in [6, 6.07) is 5.95. The van der Waals surface area contributed by atoms with Gasteiger partial charge >= 0.3 is 0 Å². The highest BCUT2D eigenvalue weighted by molar-refractivity contribution is 6.30. The molecule has 2 N–H and O–H groups in total. The smallest absolute Gasteiger partial charge is 0.0426 e. The second kappa shape index (κ2) is 5.23. The van der Waals surface area contributed by atoms with Crippen LogP contribution in [0.15, 0.2) is 18.2 Å². The Hall–Kier alpha value is -0.730. The summed E-state index contributed by atoms with van der Waals surface area (Å²) in [5.74, 6) is 0. The second-order valence-corrected chi connectivity index (χ2v) is 3.74. The highest BCUT2D eigenvalue weighted by atomic mass is 35.5. The molecule has 0 aliphatic carbocycles. The molecule has 0 radical (unpaired) electrons. The molecular weight excluding hydrogens is 196 g/mol. The minimum atomic E-state index is 0.666. The van der Waals surface area contributed by atoms with Gasteiger partial charge in [-0.1, -0.05) is 17.7 Å². The van der Waals surface area contributed by atoms with Crippen molar-refractivity contribution in [2.75, 3.05) is 24.5 Å². The lowest BCUT2D eigenvalue weighted by Crippen LogP contribution is -2.29. The summed E-state index contributed by atoms with van der Waals surface area (Å²) in [7, 11) is 0. The largest absolute Gasteiger partial charge is 0.370 e. The Morgan fingerprint density at radius 2 is 2.14 bits per heavy atom. The highest BCUT2D eigenvalue weighted by Crippen LogP contribution is 2.23. The third kappa shape index (κ3) is 2.63. The molecule has 0 saturated carbocycles. The van der Waals surface area contributed by atoms with E-state index in [1.54, 1.807) is 0 Å². The predicted octanol–water partition coefficient (Wildman–Crippen LogP) is 2.43. The van der Waals surface area contributed by atoms with Crippen LogP contribution in [0.1, 0.15) is 12.5 Å². The fraction of sp³-hybridized carbons (Fsp3) is 0.455. The van der Waals surface area contributed by atoms with Crippen molar-refractivity contribution < 1.29 is 0 Å². The lowest BCUT2D eigenvalue weighted by Gasteiger charge is -2.24. The fourth-order valence-electron chi connectivity index (χ4n) is 1.53. The summed E-state index contributed by atoms with van der Waals surface area (Å²) in [5.41, 5.74) is 7.98. The van der Waals surface area contributed by atoms with Gasteiger partial charge in [0.25, 0.3) is 0 Å². The van der Waals surface area contributed by atoms with Crippen LogP contribution in [0, 0.1) is 6.92 Å². The van der Waals surface area contributed by atoms with E-state index in [-0.39, 0.29) is 0 Å². The van der Waals surface area contributed by atoms with Crippen LogP contribution in [-0.2, 0) is 0 Å². The standard InChI is InChI=1S/C11H17ClN2/c1-3-14(7-6-13)11-8-10(12)5-4-9(11)2/h4-5,8H,3,6-7,13H2,1-2H3. The average Bonchev–Trinajstić information content (AvgIpc) is 2.18. The summed E-state index contributed by atoms with van der Waals surface area (Å²) in [6.07, 6.45) is 0. The van der Waals surface area contributed by atoms with E-state index in [1.165, 1.54) is 11.3 Å². The molecule has 2 nitrogen and oxygen atoms in total. The van der Waals surface area contributed by atoms with Crippen molar-refractivity contribution >= 4 is 17.3 Å². The zero-order valence-electron chi connectivity index (χ0n) is 8.76. The van der Waals surface area contributed by atoms with E-state index < -0.39 is 0 Å². The molecule has 1 aromatic carbocycles. The van der Waals surface area contributed by atoms with E-state index in [4.69, 9.17) is 17.3 Å². The van der Waals surface area contributed by atoms with E-state index in [2.05, 4.69) is 18.7 Å². The van der Waals surface area contributed by atoms with Crippen molar-refractivity contribution in [3.63, 3.8) is 0 Å². The number of hydrogen-bond acceptors (Lipinski definition) is 2. The van der Waals surface area contributed by atoms with Gasteiger partial charge in [-0.3, -0.25) is 0 Å². The van der Waals surface area contributed by atoms with E-state index in [1.807, 2.05) is 18.2 Å². The van der Waals surface area contributed by atoms with E-state index in [0.717, 1.165) is 18.1 Å². The summed E-state index contributed by atoms with van der Waals surface area (Å²) in [6.45, 7) is 6.71. The van der Waals surface area contributed by atoms with Gasteiger partial charge in [0.1, 0.15) is 0 Å². The van der Waals surface area contributed by atoms with Gasteiger partial charge in [0, 0.05) is 30.3 Å². The number of benzene rings is 1. The van der Waals surface area contributed by atoms with Crippen molar-refractivity contribution in [3.05, 3.63) is 28.8 Å². The molecule has 78 valence electrons. The summed E-state index contributed by atoms with van der Waals surface area (Å²) in [5, 5.41) is 0.779. The molecule has 0 amide bonds. The van der Waals surface area contributed by atoms with Gasteiger partial charge in [0.15, 0.2) is 0 Å². The van der Waals surface area contributed by atoms with Gasteiger partial charge in [0.05, 0.1) is 0 Å².